The molecule has 2 aliphatic rings. The lowest BCUT2D eigenvalue weighted by atomic mass is 9.87. The largest absolute Gasteiger partial charge is 0.480 e. The van der Waals surface area contributed by atoms with Gasteiger partial charge >= 0.3 is 12.0 Å². The summed E-state index contributed by atoms with van der Waals surface area (Å²) < 4.78 is 0. The SMILES string of the molecule is CCC(C(=O)O)N1C(=O)NC2(CCN(CC(=O)NC)CC2)C1=O. The second-order valence-corrected chi connectivity index (χ2v) is 5.90. The van der Waals surface area contributed by atoms with Gasteiger partial charge in [-0.3, -0.25) is 14.5 Å². The minimum Gasteiger partial charge on any atom is -0.480 e. The van der Waals surface area contributed by atoms with Crippen molar-refractivity contribution in [2.24, 2.45) is 0 Å². The first-order chi connectivity index (χ1) is 10.8. The van der Waals surface area contributed by atoms with Crippen LogP contribution < -0.4 is 10.6 Å². The highest BCUT2D eigenvalue weighted by Gasteiger charge is 2.55. The molecule has 3 N–H and O–H groups in total. The quantitative estimate of drug-likeness (QED) is 0.557. The van der Waals surface area contributed by atoms with E-state index in [1.165, 1.54) is 0 Å². The Kier molecular flexibility index (Phi) is 4.88. The molecule has 2 fully saturated rings. The van der Waals surface area contributed by atoms with Crippen LogP contribution in [0, 0.1) is 0 Å². The van der Waals surface area contributed by atoms with Crippen LogP contribution in [0.5, 0.6) is 0 Å². The molecule has 2 saturated heterocycles. The number of nitrogens with zero attached hydrogens (tertiary/aromatic N) is 2. The first-order valence-electron chi connectivity index (χ1n) is 7.66. The average molecular weight is 326 g/mol. The van der Waals surface area contributed by atoms with E-state index >= 15 is 0 Å². The maximum Gasteiger partial charge on any atom is 0.326 e. The van der Waals surface area contributed by atoms with Crippen LogP contribution >= 0.6 is 0 Å². The summed E-state index contributed by atoms with van der Waals surface area (Å²) in [5.41, 5.74) is -1.04. The summed E-state index contributed by atoms with van der Waals surface area (Å²) in [6, 6.07) is -1.80. The maximum atomic E-state index is 12.7. The van der Waals surface area contributed by atoms with Crippen molar-refractivity contribution in [1.82, 2.24) is 20.4 Å². The van der Waals surface area contributed by atoms with E-state index in [4.69, 9.17) is 0 Å². The van der Waals surface area contributed by atoms with Gasteiger partial charge in [0.15, 0.2) is 0 Å². The lowest BCUT2D eigenvalue weighted by molar-refractivity contribution is -0.148. The number of piperidine rings is 1. The number of carbonyl (C=O) groups excluding carboxylic acids is 3. The normalized spacial score (nSPS) is 22.1. The molecule has 4 amide bonds. The van der Waals surface area contributed by atoms with Crippen molar-refractivity contribution in [2.45, 2.75) is 37.8 Å². The number of likely N-dealkylation sites (tertiary alicyclic amines) is 1. The smallest absolute Gasteiger partial charge is 0.326 e. The van der Waals surface area contributed by atoms with Gasteiger partial charge < -0.3 is 15.7 Å². The number of imide groups is 1. The van der Waals surface area contributed by atoms with Crippen molar-refractivity contribution in [1.29, 1.82) is 0 Å². The molecule has 0 aliphatic carbocycles. The molecule has 2 heterocycles. The third kappa shape index (κ3) is 3.14. The Morgan fingerprint density at radius 1 is 1.35 bits per heavy atom. The number of carboxylic acids is 1. The first-order valence-corrected chi connectivity index (χ1v) is 7.66. The number of amides is 4. The first kappa shape index (κ1) is 17.2. The van der Waals surface area contributed by atoms with Gasteiger partial charge in [0.05, 0.1) is 6.54 Å². The summed E-state index contributed by atoms with van der Waals surface area (Å²) in [7, 11) is 1.56. The molecular formula is C14H22N4O5. The Labute approximate surface area is 134 Å². The number of nitrogens with one attached hydrogen (secondary N) is 2. The summed E-state index contributed by atoms with van der Waals surface area (Å²) in [6.45, 7) is 2.83. The van der Waals surface area contributed by atoms with E-state index in [2.05, 4.69) is 10.6 Å². The zero-order valence-electron chi connectivity index (χ0n) is 13.3. The van der Waals surface area contributed by atoms with Crippen LogP contribution in [0.2, 0.25) is 0 Å². The van der Waals surface area contributed by atoms with Crippen molar-refractivity contribution in [2.75, 3.05) is 26.7 Å². The predicted octanol–water partition coefficient (Wildman–Crippen LogP) is -1.02. The average Bonchev–Trinajstić information content (AvgIpc) is 2.74. The summed E-state index contributed by atoms with van der Waals surface area (Å²) in [5, 5.41) is 14.4. The minimum atomic E-state index is -1.19. The highest BCUT2D eigenvalue weighted by molar-refractivity contribution is 6.09. The van der Waals surface area contributed by atoms with Gasteiger partial charge in [-0.15, -0.1) is 0 Å². The van der Waals surface area contributed by atoms with Gasteiger partial charge in [-0.2, -0.15) is 0 Å². The van der Waals surface area contributed by atoms with Crippen LogP contribution in [0.15, 0.2) is 0 Å². The third-order valence-electron chi connectivity index (χ3n) is 4.53. The molecule has 9 nitrogen and oxygen atoms in total. The number of carbonyl (C=O) groups is 4. The molecule has 2 rings (SSSR count). The van der Waals surface area contributed by atoms with Crippen molar-refractivity contribution in [3.63, 3.8) is 0 Å². The molecule has 1 spiro atoms. The van der Waals surface area contributed by atoms with Crippen LogP contribution in [-0.2, 0) is 14.4 Å². The van der Waals surface area contributed by atoms with Crippen LogP contribution in [0.1, 0.15) is 26.2 Å². The highest BCUT2D eigenvalue weighted by Crippen LogP contribution is 2.31. The predicted molar refractivity (Wildman–Crippen MR) is 79.6 cm³/mol. The molecule has 128 valence electrons. The number of urea groups is 1. The lowest BCUT2D eigenvalue weighted by Gasteiger charge is -2.37. The number of rotatable bonds is 5. The second kappa shape index (κ2) is 6.53. The summed E-state index contributed by atoms with van der Waals surface area (Å²) >= 11 is 0. The zero-order chi connectivity index (χ0) is 17.2. The Morgan fingerprint density at radius 3 is 2.43 bits per heavy atom. The monoisotopic (exact) mass is 326 g/mol. The standard InChI is InChI=1S/C14H22N4O5/c1-3-9(11(20)21)18-12(22)14(16-13(18)23)4-6-17(7-5-14)8-10(19)15-2/h9H,3-8H2,1-2H3,(H,15,19)(H,16,23)(H,20,21). The van der Waals surface area contributed by atoms with Crippen LogP contribution in [-0.4, -0.2) is 77.0 Å². The van der Waals surface area contributed by atoms with Crippen molar-refractivity contribution in [3.8, 4) is 0 Å². The molecule has 0 aromatic carbocycles. The topological polar surface area (TPSA) is 119 Å². The van der Waals surface area contributed by atoms with E-state index in [0.717, 1.165) is 4.90 Å². The van der Waals surface area contributed by atoms with Gasteiger partial charge in [-0.25, -0.2) is 14.5 Å². The van der Waals surface area contributed by atoms with Gasteiger partial charge in [0.2, 0.25) is 5.91 Å². The van der Waals surface area contributed by atoms with E-state index in [9.17, 15) is 24.3 Å². The van der Waals surface area contributed by atoms with Crippen molar-refractivity contribution < 1.29 is 24.3 Å². The molecule has 1 unspecified atom stereocenters. The lowest BCUT2D eigenvalue weighted by Crippen LogP contribution is -2.56. The van der Waals surface area contributed by atoms with Gasteiger partial charge in [-0.05, 0) is 19.3 Å². The van der Waals surface area contributed by atoms with E-state index < -0.39 is 29.5 Å². The van der Waals surface area contributed by atoms with Crippen molar-refractivity contribution >= 4 is 23.8 Å². The molecule has 0 bridgehead atoms. The molecule has 23 heavy (non-hydrogen) atoms. The molecule has 2 aliphatic heterocycles. The van der Waals surface area contributed by atoms with Gasteiger partial charge in [-0.1, -0.05) is 6.92 Å². The Bertz CT molecular complexity index is 527. The van der Waals surface area contributed by atoms with E-state index in [0.29, 0.717) is 25.9 Å². The molecule has 9 heteroatoms. The molecule has 0 radical (unpaired) electrons. The zero-order valence-corrected chi connectivity index (χ0v) is 13.3. The fourth-order valence-electron chi connectivity index (χ4n) is 3.11. The molecule has 1 atom stereocenters. The Morgan fingerprint density at radius 2 is 1.96 bits per heavy atom. The minimum absolute atomic E-state index is 0.110. The second-order valence-electron chi connectivity index (χ2n) is 5.90. The molecule has 0 saturated carbocycles. The van der Waals surface area contributed by atoms with Crippen LogP contribution in [0.25, 0.3) is 0 Å². The third-order valence-corrected chi connectivity index (χ3v) is 4.53. The van der Waals surface area contributed by atoms with Gasteiger partial charge in [0.1, 0.15) is 11.6 Å². The number of aliphatic carboxylic acids is 1. The summed E-state index contributed by atoms with van der Waals surface area (Å²) in [5.74, 6) is -1.78. The van der Waals surface area contributed by atoms with Crippen molar-refractivity contribution in [3.05, 3.63) is 0 Å². The van der Waals surface area contributed by atoms with E-state index in [1.807, 2.05) is 4.90 Å². The molecule has 0 aromatic rings. The Balaban J connectivity index is 2.08. The fraction of sp³-hybridized carbons (Fsp3) is 0.714. The van der Waals surface area contributed by atoms with Crippen LogP contribution in [0.4, 0.5) is 4.79 Å². The Hall–Kier alpha value is -2.16. The number of carboxylic acid groups (broad SMARTS) is 1. The van der Waals surface area contributed by atoms with Gasteiger partial charge in [0, 0.05) is 20.1 Å². The molecule has 0 aromatic heterocycles. The summed E-state index contributed by atoms with van der Waals surface area (Å²) in [4.78, 5) is 50.2. The highest BCUT2D eigenvalue weighted by atomic mass is 16.4. The number of hydrogen-bond donors (Lipinski definition) is 3. The van der Waals surface area contributed by atoms with E-state index in [-0.39, 0.29) is 18.9 Å². The fourth-order valence-corrected chi connectivity index (χ4v) is 3.11. The number of hydrogen-bond acceptors (Lipinski definition) is 5. The van der Waals surface area contributed by atoms with Gasteiger partial charge in [0.25, 0.3) is 5.91 Å². The maximum absolute atomic E-state index is 12.7. The summed E-state index contributed by atoms with van der Waals surface area (Å²) in [6.07, 6.45) is 0.885. The molecular weight excluding hydrogens is 304 g/mol. The van der Waals surface area contributed by atoms with Crippen LogP contribution in [0.3, 0.4) is 0 Å². The van der Waals surface area contributed by atoms with E-state index in [1.54, 1.807) is 14.0 Å². The number of likely N-dealkylation sites (N-methyl/N-ethyl adjacent to an activating group) is 1.